The van der Waals surface area contributed by atoms with Crippen molar-refractivity contribution in [2.75, 3.05) is 31.2 Å². The standard InChI is InChI=1S/C16H18BClN6O/c1-23-13(11-2-4-17(10-19)5-3-11)20-12-14(23)21-16(18)22-15(12)24-6-8-25-9-7-24/h2H,3-9H2,1H3. The maximum atomic E-state index is 9.08. The van der Waals surface area contributed by atoms with Crippen LogP contribution in [0.3, 0.4) is 0 Å². The van der Waals surface area contributed by atoms with Gasteiger partial charge in [-0.25, -0.2) is 10.2 Å². The van der Waals surface area contributed by atoms with Gasteiger partial charge in [0.25, 0.3) is 6.71 Å². The number of halogens is 1. The zero-order valence-corrected chi connectivity index (χ0v) is 14.8. The van der Waals surface area contributed by atoms with Gasteiger partial charge in [-0.1, -0.05) is 12.4 Å². The summed E-state index contributed by atoms with van der Waals surface area (Å²) in [4.78, 5) is 15.8. The minimum absolute atomic E-state index is 0.108. The average molecular weight is 357 g/mol. The van der Waals surface area contributed by atoms with Gasteiger partial charge >= 0.3 is 0 Å². The van der Waals surface area contributed by atoms with Gasteiger partial charge in [-0.2, -0.15) is 9.97 Å². The Hall–Kier alpha value is -2.11. The fraction of sp³-hybridized carbons (Fsp3) is 0.500. The molecule has 1 saturated heterocycles. The van der Waals surface area contributed by atoms with Crippen molar-refractivity contribution in [2.45, 2.75) is 19.1 Å². The van der Waals surface area contributed by atoms with Crippen LogP contribution in [0.25, 0.3) is 16.7 Å². The first-order valence-electron chi connectivity index (χ1n) is 8.49. The van der Waals surface area contributed by atoms with E-state index < -0.39 is 0 Å². The molecule has 0 atom stereocenters. The highest BCUT2D eigenvalue weighted by Gasteiger charge is 2.25. The molecule has 0 amide bonds. The molecule has 4 rings (SSSR count). The summed E-state index contributed by atoms with van der Waals surface area (Å²) in [6.07, 6.45) is 4.62. The first-order valence-corrected chi connectivity index (χ1v) is 8.87. The number of nitrogens with zero attached hydrogens (tertiary/aromatic N) is 6. The Morgan fingerprint density at radius 2 is 2.08 bits per heavy atom. The van der Waals surface area contributed by atoms with E-state index >= 15 is 0 Å². The summed E-state index contributed by atoms with van der Waals surface area (Å²) in [6, 6.07) is 0. The first-order chi connectivity index (χ1) is 12.2. The number of anilines is 1. The van der Waals surface area contributed by atoms with E-state index in [4.69, 9.17) is 26.6 Å². The molecule has 1 fully saturated rings. The average Bonchev–Trinajstić information content (AvgIpc) is 2.98. The van der Waals surface area contributed by atoms with E-state index in [0.29, 0.717) is 13.2 Å². The molecule has 0 aliphatic carbocycles. The Morgan fingerprint density at radius 1 is 1.28 bits per heavy atom. The number of morpholine rings is 1. The van der Waals surface area contributed by atoms with E-state index in [9.17, 15) is 0 Å². The Labute approximate surface area is 151 Å². The van der Waals surface area contributed by atoms with Gasteiger partial charge in [0.05, 0.1) is 13.2 Å². The first kappa shape index (κ1) is 16.4. The highest BCUT2D eigenvalue weighted by molar-refractivity contribution is 6.67. The number of allylic oxidation sites excluding steroid dienone is 2. The third-order valence-corrected chi connectivity index (χ3v) is 5.03. The van der Waals surface area contributed by atoms with E-state index in [1.807, 2.05) is 11.6 Å². The zero-order chi connectivity index (χ0) is 17.4. The van der Waals surface area contributed by atoms with Gasteiger partial charge in [-0.3, -0.25) is 0 Å². The van der Waals surface area contributed by atoms with Crippen molar-refractivity contribution in [1.82, 2.24) is 19.5 Å². The summed E-state index contributed by atoms with van der Waals surface area (Å²) in [6.45, 7) is 2.98. The van der Waals surface area contributed by atoms with Crippen LogP contribution in [0.5, 0.6) is 0 Å². The molecule has 2 aromatic heterocycles. The second kappa shape index (κ2) is 6.66. The molecular weight excluding hydrogens is 338 g/mol. The lowest BCUT2D eigenvalue weighted by Crippen LogP contribution is -2.37. The normalized spacial score (nSPS) is 18.4. The molecule has 9 heteroatoms. The van der Waals surface area contributed by atoms with Crippen LogP contribution in [0.4, 0.5) is 5.82 Å². The number of ether oxygens (including phenoxy) is 1. The number of imidazole rings is 1. The highest BCUT2D eigenvalue weighted by Crippen LogP contribution is 2.32. The lowest BCUT2D eigenvalue weighted by molar-refractivity contribution is 0.122. The molecule has 4 heterocycles. The monoisotopic (exact) mass is 356 g/mol. The molecular formula is C16H18BClN6O. The molecule has 0 spiro atoms. The smallest absolute Gasteiger partial charge is 0.271 e. The van der Waals surface area contributed by atoms with Gasteiger partial charge in [0.1, 0.15) is 5.82 Å². The van der Waals surface area contributed by atoms with Gasteiger partial charge in [0.15, 0.2) is 17.0 Å². The van der Waals surface area contributed by atoms with Crippen molar-refractivity contribution in [2.24, 2.45) is 7.05 Å². The summed E-state index contributed by atoms with van der Waals surface area (Å²) in [7, 11) is 1.95. The topological polar surface area (TPSA) is 79.9 Å². The Morgan fingerprint density at radius 3 is 2.76 bits per heavy atom. The van der Waals surface area contributed by atoms with Crippen LogP contribution in [-0.4, -0.2) is 52.5 Å². The number of rotatable bonds is 2. The Kier molecular flexibility index (Phi) is 4.36. The fourth-order valence-corrected chi connectivity index (χ4v) is 3.62. The van der Waals surface area contributed by atoms with Crippen LogP contribution in [0, 0.1) is 11.2 Å². The van der Waals surface area contributed by atoms with Gasteiger partial charge < -0.3 is 14.2 Å². The predicted octanol–water partition coefficient (Wildman–Crippen LogP) is 2.20. The van der Waals surface area contributed by atoms with Crippen molar-refractivity contribution < 1.29 is 4.74 Å². The zero-order valence-electron chi connectivity index (χ0n) is 14.1. The van der Waals surface area contributed by atoms with Gasteiger partial charge in [0, 0.05) is 26.1 Å². The third kappa shape index (κ3) is 2.98. The second-order valence-electron chi connectivity index (χ2n) is 6.41. The maximum Gasteiger partial charge on any atom is 0.271 e. The van der Waals surface area contributed by atoms with E-state index in [2.05, 4.69) is 26.9 Å². The number of hydrogen-bond acceptors (Lipinski definition) is 6. The molecule has 0 unspecified atom stereocenters. The molecule has 0 radical (unpaired) electrons. The molecule has 0 saturated carbocycles. The number of aryl methyl sites for hydroxylation is 1. The molecule has 0 bridgehead atoms. The van der Waals surface area contributed by atoms with Crippen LogP contribution in [0.15, 0.2) is 6.08 Å². The van der Waals surface area contributed by atoms with Crippen molar-refractivity contribution in [3.05, 3.63) is 17.2 Å². The maximum absolute atomic E-state index is 9.08. The largest absolute Gasteiger partial charge is 0.378 e. The quantitative estimate of drug-likeness (QED) is 0.606. The van der Waals surface area contributed by atoms with Crippen molar-refractivity contribution in [1.29, 1.82) is 5.26 Å². The van der Waals surface area contributed by atoms with Crippen LogP contribution in [0.1, 0.15) is 12.2 Å². The highest BCUT2D eigenvalue weighted by atomic mass is 35.5. The third-order valence-electron chi connectivity index (χ3n) is 4.86. The SMILES string of the molecule is Cn1c(C2=CCB(C#N)CC2)nc2c(N3CCOCC3)nc(Cl)nc21. The van der Waals surface area contributed by atoms with E-state index in [1.54, 1.807) is 0 Å². The Balaban J connectivity index is 1.79. The molecule has 2 aliphatic heterocycles. The van der Waals surface area contributed by atoms with Crippen molar-refractivity contribution in [3.63, 3.8) is 0 Å². The summed E-state index contributed by atoms with van der Waals surface area (Å²) in [5.41, 5.74) is 2.67. The molecule has 2 aliphatic rings. The van der Waals surface area contributed by atoms with E-state index in [1.165, 1.54) is 0 Å². The minimum Gasteiger partial charge on any atom is -0.378 e. The number of nitriles is 1. The minimum atomic E-state index is 0.108. The number of aromatic nitrogens is 4. The molecule has 0 aromatic carbocycles. The molecule has 128 valence electrons. The number of hydrogen-bond donors (Lipinski definition) is 0. The van der Waals surface area contributed by atoms with Gasteiger partial charge in [0.2, 0.25) is 5.28 Å². The summed E-state index contributed by atoms with van der Waals surface area (Å²) >= 11 is 6.18. The fourth-order valence-electron chi connectivity index (χ4n) is 3.46. The second-order valence-corrected chi connectivity index (χ2v) is 6.75. The van der Waals surface area contributed by atoms with Crippen LogP contribution >= 0.6 is 11.6 Å². The van der Waals surface area contributed by atoms with E-state index in [0.717, 1.165) is 60.5 Å². The van der Waals surface area contributed by atoms with Crippen LogP contribution < -0.4 is 4.90 Å². The molecule has 7 nitrogen and oxygen atoms in total. The van der Waals surface area contributed by atoms with Crippen LogP contribution in [0.2, 0.25) is 17.9 Å². The molecule has 2 aromatic rings. The summed E-state index contributed by atoms with van der Waals surface area (Å²) < 4.78 is 7.41. The number of fused-ring (bicyclic) bond motifs is 1. The van der Waals surface area contributed by atoms with Crippen LogP contribution in [-0.2, 0) is 11.8 Å². The van der Waals surface area contributed by atoms with Crippen molar-refractivity contribution >= 4 is 40.9 Å². The van der Waals surface area contributed by atoms with Gasteiger partial charge in [-0.15, -0.1) is 0 Å². The summed E-state index contributed by atoms with van der Waals surface area (Å²) in [5.74, 6) is 4.00. The molecule has 25 heavy (non-hydrogen) atoms. The lowest BCUT2D eigenvalue weighted by atomic mass is 9.44. The van der Waals surface area contributed by atoms with Gasteiger partial charge in [-0.05, 0) is 29.9 Å². The van der Waals surface area contributed by atoms with E-state index in [-0.39, 0.29) is 12.0 Å². The van der Waals surface area contributed by atoms with Crippen molar-refractivity contribution in [3.8, 4) is 5.97 Å². The predicted molar refractivity (Wildman–Crippen MR) is 97.9 cm³/mol. The Bertz CT molecular complexity index is 883. The lowest BCUT2D eigenvalue weighted by Gasteiger charge is -2.27. The molecule has 0 N–H and O–H groups in total. The summed E-state index contributed by atoms with van der Waals surface area (Å²) in [5, 5.41) is 9.31.